The molecule has 18 heavy (non-hydrogen) atoms. The SMILES string of the molecule is CCCC=NCN(C)CCn1cc([N+](=O)[O-])cn1. The summed E-state index contributed by atoms with van der Waals surface area (Å²) in [4.78, 5) is 16.3. The number of aromatic nitrogens is 2. The van der Waals surface area contributed by atoms with E-state index < -0.39 is 4.92 Å². The van der Waals surface area contributed by atoms with E-state index in [0.29, 0.717) is 13.2 Å². The fourth-order valence-electron chi connectivity index (χ4n) is 1.33. The van der Waals surface area contributed by atoms with Gasteiger partial charge in [-0.1, -0.05) is 13.3 Å². The Morgan fingerprint density at radius 3 is 3.06 bits per heavy atom. The van der Waals surface area contributed by atoms with Crippen molar-refractivity contribution in [3.63, 3.8) is 0 Å². The van der Waals surface area contributed by atoms with E-state index in [4.69, 9.17) is 0 Å². The Labute approximate surface area is 106 Å². The highest BCUT2D eigenvalue weighted by Crippen LogP contribution is 2.07. The van der Waals surface area contributed by atoms with Crippen molar-refractivity contribution in [3.05, 3.63) is 22.5 Å². The number of aliphatic imine (C=N–C) groups is 1. The maximum absolute atomic E-state index is 10.5. The lowest BCUT2D eigenvalue weighted by Crippen LogP contribution is -2.23. The van der Waals surface area contributed by atoms with Gasteiger partial charge in [-0.25, -0.2) is 0 Å². The van der Waals surface area contributed by atoms with Gasteiger partial charge in [-0.15, -0.1) is 0 Å². The molecule has 0 radical (unpaired) electrons. The zero-order valence-corrected chi connectivity index (χ0v) is 10.8. The minimum atomic E-state index is -0.442. The van der Waals surface area contributed by atoms with Crippen LogP contribution in [0.15, 0.2) is 17.4 Å². The first-order valence-corrected chi connectivity index (χ1v) is 5.97. The highest BCUT2D eigenvalue weighted by Gasteiger charge is 2.08. The molecular weight excluding hydrogens is 234 g/mol. The molecule has 0 saturated heterocycles. The molecule has 0 saturated carbocycles. The monoisotopic (exact) mass is 253 g/mol. The first-order chi connectivity index (χ1) is 8.63. The molecule has 0 aromatic carbocycles. The fraction of sp³-hybridized carbons (Fsp3) is 0.636. The average Bonchev–Trinajstić information content (AvgIpc) is 2.81. The molecule has 1 aromatic heterocycles. The highest BCUT2D eigenvalue weighted by molar-refractivity contribution is 5.56. The number of hydrogen-bond donors (Lipinski definition) is 0. The van der Waals surface area contributed by atoms with Crippen molar-refractivity contribution in [2.45, 2.75) is 26.3 Å². The standard InChI is InChI=1S/C11H19N5O2/c1-3-4-5-12-10-14(2)6-7-15-9-11(8-13-15)16(17)18/h5,8-9H,3-4,6-7,10H2,1-2H3. The summed E-state index contributed by atoms with van der Waals surface area (Å²) in [7, 11) is 1.96. The zero-order valence-electron chi connectivity index (χ0n) is 10.8. The van der Waals surface area contributed by atoms with E-state index in [-0.39, 0.29) is 5.69 Å². The van der Waals surface area contributed by atoms with Crippen molar-refractivity contribution in [1.82, 2.24) is 14.7 Å². The van der Waals surface area contributed by atoms with Crippen LogP contribution in [0.5, 0.6) is 0 Å². The summed E-state index contributed by atoms with van der Waals surface area (Å²) in [6.45, 7) is 4.12. The zero-order chi connectivity index (χ0) is 13.4. The third-order valence-electron chi connectivity index (χ3n) is 2.41. The van der Waals surface area contributed by atoms with Gasteiger partial charge in [-0.05, 0) is 13.5 Å². The minimum absolute atomic E-state index is 0.0265. The Bertz CT molecular complexity index is 402. The summed E-state index contributed by atoms with van der Waals surface area (Å²) in [5.41, 5.74) is 0.0265. The van der Waals surface area contributed by atoms with Crippen molar-refractivity contribution in [3.8, 4) is 0 Å². The van der Waals surface area contributed by atoms with Gasteiger partial charge >= 0.3 is 5.69 Å². The Kier molecular flexibility index (Phi) is 5.99. The highest BCUT2D eigenvalue weighted by atomic mass is 16.6. The molecule has 1 heterocycles. The molecule has 0 amide bonds. The third kappa shape index (κ3) is 5.05. The second kappa shape index (κ2) is 7.54. The molecule has 1 rings (SSSR count). The summed E-state index contributed by atoms with van der Waals surface area (Å²) >= 11 is 0. The van der Waals surface area contributed by atoms with Gasteiger partial charge in [0, 0.05) is 12.8 Å². The molecule has 0 unspecified atom stereocenters. The van der Waals surface area contributed by atoms with E-state index >= 15 is 0 Å². The second-order valence-corrected chi connectivity index (χ2v) is 4.09. The summed E-state index contributed by atoms with van der Waals surface area (Å²) in [6, 6.07) is 0. The average molecular weight is 253 g/mol. The van der Waals surface area contributed by atoms with Gasteiger partial charge in [0.05, 0.1) is 18.1 Å². The molecule has 0 N–H and O–H groups in total. The Balaban J connectivity index is 2.28. The van der Waals surface area contributed by atoms with Crippen LogP contribution in [0.1, 0.15) is 19.8 Å². The first kappa shape index (κ1) is 14.3. The topological polar surface area (TPSA) is 76.6 Å². The Morgan fingerprint density at radius 2 is 2.44 bits per heavy atom. The van der Waals surface area contributed by atoms with Crippen LogP contribution >= 0.6 is 0 Å². The smallest absolute Gasteiger partial charge is 0.286 e. The molecule has 100 valence electrons. The minimum Gasteiger partial charge on any atom is -0.286 e. The van der Waals surface area contributed by atoms with Crippen LogP contribution in [0, 0.1) is 10.1 Å². The number of unbranched alkanes of at least 4 members (excludes halogenated alkanes) is 1. The van der Waals surface area contributed by atoms with E-state index in [2.05, 4.69) is 17.0 Å². The van der Waals surface area contributed by atoms with Crippen molar-refractivity contribution in [2.75, 3.05) is 20.3 Å². The molecule has 7 heteroatoms. The molecule has 0 aliphatic rings. The van der Waals surface area contributed by atoms with Gasteiger partial charge in [0.2, 0.25) is 0 Å². The molecule has 1 aromatic rings. The molecule has 0 fully saturated rings. The van der Waals surface area contributed by atoms with E-state index in [1.54, 1.807) is 4.68 Å². The Hall–Kier alpha value is -1.76. The van der Waals surface area contributed by atoms with Crippen LogP contribution < -0.4 is 0 Å². The van der Waals surface area contributed by atoms with Crippen molar-refractivity contribution >= 4 is 11.9 Å². The molecule has 0 atom stereocenters. The lowest BCUT2D eigenvalue weighted by molar-refractivity contribution is -0.385. The van der Waals surface area contributed by atoms with Crippen LogP contribution in [0.25, 0.3) is 0 Å². The van der Waals surface area contributed by atoms with E-state index in [1.165, 1.54) is 12.4 Å². The predicted octanol–water partition coefficient (Wildman–Crippen LogP) is 1.55. The third-order valence-corrected chi connectivity index (χ3v) is 2.41. The van der Waals surface area contributed by atoms with Crippen LogP contribution in [-0.2, 0) is 6.54 Å². The van der Waals surface area contributed by atoms with Crippen LogP contribution in [0.4, 0.5) is 5.69 Å². The van der Waals surface area contributed by atoms with Gasteiger partial charge in [-0.3, -0.25) is 24.7 Å². The quantitative estimate of drug-likeness (QED) is 0.400. The van der Waals surface area contributed by atoms with Crippen molar-refractivity contribution in [2.24, 2.45) is 4.99 Å². The number of likely N-dealkylation sites (N-methyl/N-ethyl adjacent to an activating group) is 1. The van der Waals surface area contributed by atoms with Gasteiger partial charge < -0.3 is 0 Å². The maximum Gasteiger partial charge on any atom is 0.306 e. The maximum atomic E-state index is 10.5. The number of hydrogen-bond acceptors (Lipinski definition) is 5. The van der Waals surface area contributed by atoms with E-state index in [1.807, 2.05) is 18.2 Å². The van der Waals surface area contributed by atoms with Gasteiger partial charge in [0.15, 0.2) is 0 Å². The number of nitro groups is 1. The first-order valence-electron chi connectivity index (χ1n) is 5.97. The van der Waals surface area contributed by atoms with Gasteiger partial charge in [0.25, 0.3) is 0 Å². The summed E-state index contributed by atoms with van der Waals surface area (Å²) < 4.78 is 1.57. The molecular formula is C11H19N5O2. The van der Waals surface area contributed by atoms with Gasteiger partial charge in [-0.2, -0.15) is 5.10 Å². The summed E-state index contributed by atoms with van der Waals surface area (Å²) in [5, 5.41) is 14.4. The molecule has 0 aliphatic heterocycles. The summed E-state index contributed by atoms with van der Waals surface area (Å²) in [6.07, 6.45) is 6.73. The van der Waals surface area contributed by atoms with Crippen molar-refractivity contribution in [1.29, 1.82) is 0 Å². The normalized spacial score (nSPS) is 11.5. The molecule has 7 nitrogen and oxygen atoms in total. The molecule has 0 spiro atoms. The van der Waals surface area contributed by atoms with Crippen LogP contribution in [0.3, 0.4) is 0 Å². The summed E-state index contributed by atoms with van der Waals surface area (Å²) in [5.74, 6) is 0. The van der Waals surface area contributed by atoms with Crippen LogP contribution in [-0.4, -0.2) is 46.1 Å². The molecule has 0 bridgehead atoms. The lowest BCUT2D eigenvalue weighted by atomic mass is 10.4. The van der Waals surface area contributed by atoms with E-state index in [0.717, 1.165) is 19.4 Å². The van der Waals surface area contributed by atoms with E-state index in [9.17, 15) is 10.1 Å². The number of nitrogens with zero attached hydrogens (tertiary/aromatic N) is 5. The fourth-order valence-corrected chi connectivity index (χ4v) is 1.33. The van der Waals surface area contributed by atoms with Crippen molar-refractivity contribution < 1.29 is 4.92 Å². The van der Waals surface area contributed by atoms with Gasteiger partial charge in [0.1, 0.15) is 12.4 Å². The largest absolute Gasteiger partial charge is 0.306 e. The predicted molar refractivity (Wildman–Crippen MR) is 69.8 cm³/mol. The lowest BCUT2D eigenvalue weighted by Gasteiger charge is -2.13. The second-order valence-electron chi connectivity index (χ2n) is 4.09. The van der Waals surface area contributed by atoms with Crippen LogP contribution in [0.2, 0.25) is 0 Å². The Morgan fingerprint density at radius 1 is 1.67 bits per heavy atom. The molecule has 0 aliphatic carbocycles. The number of rotatable bonds is 8.